The molecule has 1 heterocycles. The van der Waals surface area contributed by atoms with Crippen LogP contribution in [-0.2, 0) is 0 Å². The Hall–Kier alpha value is -2.02. The summed E-state index contributed by atoms with van der Waals surface area (Å²) in [6.07, 6.45) is 1.55. The van der Waals surface area contributed by atoms with Crippen molar-refractivity contribution in [1.29, 1.82) is 0 Å². The third-order valence-electron chi connectivity index (χ3n) is 3.01. The van der Waals surface area contributed by atoms with Crippen molar-refractivity contribution >= 4 is 41.6 Å². The largest absolute Gasteiger partial charge is 0.250 e. The van der Waals surface area contributed by atoms with E-state index in [4.69, 9.17) is 35.4 Å². The van der Waals surface area contributed by atoms with Crippen LogP contribution in [0.25, 0.3) is 11.4 Å². The van der Waals surface area contributed by atoms with Gasteiger partial charge in [0, 0.05) is 10.6 Å². The lowest BCUT2D eigenvalue weighted by Crippen LogP contribution is -1.95. The Labute approximate surface area is 146 Å². The van der Waals surface area contributed by atoms with Gasteiger partial charge in [-0.1, -0.05) is 35.3 Å². The average molecular weight is 367 g/mol. The Morgan fingerprint density at radius 3 is 2.61 bits per heavy atom. The first kappa shape index (κ1) is 15.9. The van der Waals surface area contributed by atoms with Crippen molar-refractivity contribution in [3.63, 3.8) is 0 Å². The first-order valence-corrected chi connectivity index (χ1v) is 7.64. The fourth-order valence-electron chi connectivity index (χ4n) is 1.92. The van der Waals surface area contributed by atoms with E-state index >= 15 is 0 Å². The number of rotatable bonds is 3. The van der Waals surface area contributed by atoms with Crippen molar-refractivity contribution < 1.29 is 4.39 Å². The Balaban J connectivity index is 2.02. The Bertz CT molecular complexity index is 931. The van der Waals surface area contributed by atoms with Gasteiger partial charge in [0.15, 0.2) is 5.82 Å². The third-order valence-corrected chi connectivity index (χ3v) is 3.83. The second kappa shape index (κ2) is 6.62. The molecule has 0 radical (unpaired) electrons. The Morgan fingerprint density at radius 2 is 1.91 bits per heavy atom. The fourth-order valence-corrected chi connectivity index (χ4v) is 2.59. The first-order valence-electron chi connectivity index (χ1n) is 6.47. The lowest BCUT2D eigenvalue weighted by Gasteiger charge is -2.04. The summed E-state index contributed by atoms with van der Waals surface area (Å²) < 4.78 is 14.7. The summed E-state index contributed by atoms with van der Waals surface area (Å²) in [6, 6.07) is 11.0. The number of hydrogen-bond acceptors (Lipinski definition) is 3. The zero-order chi connectivity index (χ0) is 16.4. The number of aromatic nitrogens is 3. The molecule has 0 unspecified atom stereocenters. The van der Waals surface area contributed by atoms with Gasteiger partial charge in [-0.25, -0.2) is 9.49 Å². The van der Waals surface area contributed by atoms with Gasteiger partial charge in [-0.05, 0) is 48.1 Å². The molecule has 0 atom stereocenters. The Kier molecular flexibility index (Phi) is 4.56. The number of benzene rings is 2. The van der Waals surface area contributed by atoms with Crippen LogP contribution >= 0.6 is 35.4 Å². The van der Waals surface area contributed by atoms with E-state index in [1.165, 1.54) is 16.8 Å². The minimum Gasteiger partial charge on any atom is -0.250 e. The smallest absolute Gasteiger partial charge is 0.216 e. The summed E-state index contributed by atoms with van der Waals surface area (Å²) in [6.45, 7) is 0. The summed E-state index contributed by atoms with van der Waals surface area (Å²) in [5, 5.41) is 12.1. The lowest BCUT2D eigenvalue weighted by atomic mass is 10.2. The van der Waals surface area contributed by atoms with Gasteiger partial charge in [0.25, 0.3) is 0 Å². The van der Waals surface area contributed by atoms with Gasteiger partial charge in [-0.15, -0.1) is 0 Å². The number of hydrogen-bond donors (Lipinski definition) is 1. The van der Waals surface area contributed by atoms with Crippen molar-refractivity contribution in [3.8, 4) is 11.4 Å². The molecule has 3 rings (SSSR count). The van der Waals surface area contributed by atoms with E-state index in [2.05, 4.69) is 15.3 Å². The molecule has 0 bridgehead atoms. The second-order valence-corrected chi connectivity index (χ2v) is 5.81. The standard InChI is InChI=1S/C15H9Cl2FN4S/c16-10-3-6-12(13(17)7-10)14-20-21-15(23)22(14)19-8-9-1-4-11(18)5-2-9/h1-8H,(H,21,23)/b19-8-. The molecule has 0 amide bonds. The molecule has 0 saturated carbocycles. The van der Waals surface area contributed by atoms with Crippen LogP contribution in [0.15, 0.2) is 47.6 Å². The molecule has 1 N–H and O–H groups in total. The lowest BCUT2D eigenvalue weighted by molar-refractivity contribution is 0.628. The van der Waals surface area contributed by atoms with E-state index in [-0.39, 0.29) is 5.82 Å². The van der Waals surface area contributed by atoms with Crippen molar-refractivity contribution in [2.45, 2.75) is 0 Å². The number of H-pyrrole nitrogens is 1. The molecule has 1 aromatic heterocycles. The van der Waals surface area contributed by atoms with Crippen LogP contribution in [0.5, 0.6) is 0 Å². The van der Waals surface area contributed by atoms with Gasteiger partial charge < -0.3 is 0 Å². The van der Waals surface area contributed by atoms with Gasteiger partial charge >= 0.3 is 0 Å². The van der Waals surface area contributed by atoms with Crippen LogP contribution in [0.1, 0.15) is 5.56 Å². The van der Waals surface area contributed by atoms with Gasteiger partial charge in [-0.3, -0.25) is 0 Å². The van der Waals surface area contributed by atoms with E-state index < -0.39 is 0 Å². The monoisotopic (exact) mass is 366 g/mol. The molecule has 0 spiro atoms. The second-order valence-electron chi connectivity index (χ2n) is 4.58. The van der Waals surface area contributed by atoms with Crippen molar-refractivity contribution in [3.05, 3.63) is 68.7 Å². The molecule has 2 aromatic carbocycles. The molecule has 23 heavy (non-hydrogen) atoms. The summed E-state index contributed by atoms with van der Waals surface area (Å²) in [7, 11) is 0. The van der Waals surface area contributed by atoms with Crippen LogP contribution in [0.2, 0.25) is 10.0 Å². The minimum absolute atomic E-state index is 0.310. The van der Waals surface area contributed by atoms with E-state index in [1.54, 1.807) is 36.5 Å². The molecular weight excluding hydrogens is 358 g/mol. The molecule has 0 aliphatic rings. The summed E-state index contributed by atoms with van der Waals surface area (Å²) in [5.74, 6) is 0.144. The maximum absolute atomic E-state index is 12.9. The third kappa shape index (κ3) is 3.50. The SMILES string of the molecule is Fc1ccc(/C=N\n2c(-c3ccc(Cl)cc3Cl)n[nH]c2=S)cc1. The molecule has 0 aliphatic heterocycles. The highest BCUT2D eigenvalue weighted by Gasteiger charge is 2.12. The first-order chi connectivity index (χ1) is 11.0. The van der Waals surface area contributed by atoms with Gasteiger partial charge in [0.2, 0.25) is 4.77 Å². The number of aromatic amines is 1. The average Bonchev–Trinajstić information content (AvgIpc) is 2.88. The highest BCUT2D eigenvalue weighted by Crippen LogP contribution is 2.29. The van der Waals surface area contributed by atoms with Gasteiger partial charge in [-0.2, -0.15) is 14.9 Å². The van der Waals surface area contributed by atoms with Crippen molar-refractivity contribution in [2.75, 3.05) is 0 Å². The van der Waals surface area contributed by atoms with Crippen LogP contribution in [-0.4, -0.2) is 21.1 Å². The molecule has 0 aliphatic carbocycles. The highest BCUT2D eigenvalue weighted by atomic mass is 35.5. The maximum atomic E-state index is 12.9. The number of nitrogens with one attached hydrogen (secondary N) is 1. The van der Waals surface area contributed by atoms with Crippen LogP contribution in [0, 0.1) is 10.6 Å². The van der Waals surface area contributed by atoms with Crippen molar-refractivity contribution in [1.82, 2.24) is 14.9 Å². The van der Waals surface area contributed by atoms with E-state index in [9.17, 15) is 4.39 Å². The van der Waals surface area contributed by atoms with Crippen molar-refractivity contribution in [2.24, 2.45) is 5.10 Å². The van der Waals surface area contributed by atoms with Gasteiger partial charge in [0.05, 0.1) is 11.2 Å². The molecular formula is C15H9Cl2FN4S. The molecule has 3 aromatic rings. The zero-order valence-corrected chi connectivity index (χ0v) is 13.8. The number of halogens is 3. The van der Waals surface area contributed by atoms with E-state index in [1.807, 2.05) is 0 Å². The topological polar surface area (TPSA) is 46.0 Å². The quantitative estimate of drug-likeness (QED) is 0.527. The molecule has 8 heteroatoms. The summed E-state index contributed by atoms with van der Waals surface area (Å²) in [4.78, 5) is 0. The molecule has 0 saturated heterocycles. The predicted molar refractivity (Wildman–Crippen MR) is 92.3 cm³/mol. The maximum Gasteiger partial charge on any atom is 0.216 e. The predicted octanol–water partition coefficient (Wildman–Crippen LogP) is 4.94. The summed E-state index contributed by atoms with van der Waals surface area (Å²) in [5.41, 5.74) is 1.36. The highest BCUT2D eigenvalue weighted by molar-refractivity contribution is 7.71. The normalized spacial score (nSPS) is 11.3. The minimum atomic E-state index is -0.310. The van der Waals surface area contributed by atoms with Gasteiger partial charge in [0.1, 0.15) is 5.82 Å². The van der Waals surface area contributed by atoms with Crippen LogP contribution < -0.4 is 0 Å². The molecule has 0 fully saturated rings. The molecule has 116 valence electrons. The van der Waals surface area contributed by atoms with Crippen LogP contribution in [0.3, 0.4) is 0 Å². The van der Waals surface area contributed by atoms with Crippen LogP contribution in [0.4, 0.5) is 4.39 Å². The van der Waals surface area contributed by atoms with E-state index in [0.29, 0.717) is 26.2 Å². The zero-order valence-electron chi connectivity index (χ0n) is 11.5. The number of nitrogens with zero attached hydrogens (tertiary/aromatic N) is 3. The Morgan fingerprint density at radius 1 is 1.17 bits per heavy atom. The van der Waals surface area contributed by atoms with E-state index in [0.717, 1.165) is 5.56 Å². The fraction of sp³-hybridized carbons (Fsp3) is 0. The summed E-state index contributed by atoms with van der Waals surface area (Å²) >= 11 is 17.3. The molecule has 4 nitrogen and oxygen atoms in total.